The number of hydrogen-bond acceptors (Lipinski definition) is 4. The molecule has 3 nitrogen and oxygen atoms in total. The predicted molar refractivity (Wildman–Crippen MR) is 79.6 cm³/mol. The Balaban J connectivity index is 2.10. The number of anilines is 1. The van der Waals surface area contributed by atoms with Crippen LogP contribution in [0.15, 0.2) is 58.5 Å². The second-order valence-electron chi connectivity index (χ2n) is 4.18. The van der Waals surface area contributed by atoms with Gasteiger partial charge >= 0.3 is 0 Å². The fourth-order valence-corrected chi connectivity index (χ4v) is 2.84. The molecule has 0 aliphatic heterocycles. The normalized spacial score (nSPS) is 10.7. The van der Waals surface area contributed by atoms with E-state index in [1.807, 2.05) is 30.3 Å². The summed E-state index contributed by atoms with van der Waals surface area (Å²) < 4.78 is 13.3. The summed E-state index contributed by atoms with van der Waals surface area (Å²) in [5.74, 6) is 0.310. The van der Waals surface area contributed by atoms with Crippen molar-refractivity contribution in [3.63, 3.8) is 0 Å². The highest BCUT2D eigenvalue weighted by Crippen LogP contribution is 2.32. The lowest BCUT2D eigenvalue weighted by Gasteiger charge is -2.07. The summed E-state index contributed by atoms with van der Waals surface area (Å²) in [6.45, 7) is 0. The molecule has 0 amide bonds. The van der Waals surface area contributed by atoms with Crippen molar-refractivity contribution < 1.29 is 4.39 Å². The minimum atomic E-state index is -0.248. The number of nitrogens with zero attached hydrogens (tertiary/aromatic N) is 2. The van der Waals surface area contributed by atoms with Gasteiger partial charge in [0.05, 0.1) is 5.52 Å². The summed E-state index contributed by atoms with van der Waals surface area (Å²) in [6, 6.07) is 14.3. The molecule has 0 aliphatic rings. The molecule has 3 aromatic rings. The summed E-state index contributed by atoms with van der Waals surface area (Å²) >= 11 is 1.43. The van der Waals surface area contributed by atoms with Crippen LogP contribution in [0.25, 0.3) is 10.9 Å². The van der Waals surface area contributed by atoms with Crippen LogP contribution in [0, 0.1) is 5.82 Å². The zero-order valence-corrected chi connectivity index (χ0v) is 11.6. The molecular formula is C15H12FN3S. The van der Waals surface area contributed by atoms with E-state index >= 15 is 0 Å². The van der Waals surface area contributed by atoms with Crippen molar-refractivity contribution in [2.24, 2.45) is 0 Å². The van der Waals surface area contributed by atoms with E-state index in [-0.39, 0.29) is 5.82 Å². The van der Waals surface area contributed by atoms with Crippen molar-refractivity contribution in [1.82, 2.24) is 9.97 Å². The average Bonchev–Trinajstić information content (AvgIpc) is 2.47. The molecule has 3 rings (SSSR count). The van der Waals surface area contributed by atoms with Gasteiger partial charge in [-0.25, -0.2) is 14.4 Å². The molecule has 0 radical (unpaired) electrons. The lowest BCUT2D eigenvalue weighted by molar-refractivity contribution is 0.624. The van der Waals surface area contributed by atoms with Gasteiger partial charge in [-0.15, -0.1) is 0 Å². The highest BCUT2D eigenvalue weighted by molar-refractivity contribution is 7.99. The van der Waals surface area contributed by atoms with Crippen molar-refractivity contribution in [2.45, 2.75) is 9.92 Å². The Morgan fingerprint density at radius 2 is 1.90 bits per heavy atom. The van der Waals surface area contributed by atoms with Crippen molar-refractivity contribution in [1.29, 1.82) is 0 Å². The predicted octanol–water partition coefficient (Wildman–Crippen LogP) is 3.96. The zero-order valence-electron chi connectivity index (χ0n) is 10.8. The van der Waals surface area contributed by atoms with Crippen LogP contribution in [0.5, 0.6) is 0 Å². The van der Waals surface area contributed by atoms with Gasteiger partial charge in [0.1, 0.15) is 10.8 Å². The summed E-state index contributed by atoms with van der Waals surface area (Å²) in [7, 11) is 1.78. The quantitative estimate of drug-likeness (QED) is 0.739. The van der Waals surface area contributed by atoms with Crippen LogP contribution < -0.4 is 5.32 Å². The van der Waals surface area contributed by atoms with Crippen molar-refractivity contribution >= 4 is 28.6 Å². The molecule has 0 fully saturated rings. The lowest BCUT2D eigenvalue weighted by Crippen LogP contribution is -1.98. The summed E-state index contributed by atoms with van der Waals surface area (Å²) in [4.78, 5) is 9.68. The third kappa shape index (κ3) is 2.58. The van der Waals surface area contributed by atoms with Crippen LogP contribution >= 0.6 is 11.8 Å². The number of halogens is 1. The van der Waals surface area contributed by atoms with E-state index in [0.717, 1.165) is 20.8 Å². The van der Waals surface area contributed by atoms with Crippen LogP contribution in [0.3, 0.4) is 0 Å². The van der Waals surface area contributed by atoms with Crippen LogP contribution in [0.1, 0.15) is 0 Å². The van der Waals surface area contributed by atoms with Gasteiger partial charge in [-0.2, -0.15) is 0 Å². The Morgan fingerprint density at radius 1 is 1.05 bits per heavy atom. The molecule has 5 heteroatoms. The largest absolute Gasteiger partial charge is 0.357 e. The zero-order chi connectivity index (χ0) is 13.9. The Bertz CT molecular complexity index is 761. The lowest BCUT2D eigenvalue weighted by atomic mass is 10.2. The van der Waals surface area contributed by atoms with Crippen LogP contribution in [0.2, 0.25) is 0 Å². The number of aromatic nitrogens is 2. The molecule has 0 spiro atoms. The summed E-state index contributed by atoms with van der Waals surface area (Å²) in [6.07, 6.45) is 0. The topological polar surface area (TPSA) is 37.8 Å². The van der Waals surface area contributed by atoms with Crippen LogP contribution in [-0.2, 0) is 0 Å². The van der Waals surface area contributed by atoms with Gasteiger partial charge in [0.2, 0.25) is 5.95 Å². The van der Waals surface area contributed by atoms with Crippen LogP contribution in [-0.4, -0.2) is 17.0 Å². The molecule has 1 N–H and O–H groups in total. The van der Waals surface area contributed by atoms with E-state index in [0.29, 0.717) is 5.95 Å². The monoisotopic (exact) mass is 285 g/mol. The van der Waals surface area contributed by atoms with Crippen molar-refractivity contribution in [3.8, 4) is 0 Å². The minimum absolute atomic E-state index is 0.248. The number of fused-ring (bicyclic) bond motifs is 1. The number of hydrogen-bond donors (Lipinski definition) is 1. The van der Waals surface area contributed by atoms with Gasteiger partial charge < -0.3 is 5.32 Å². The number of benzene rings is 2. The highest BCUT2D eigenvalue weighted by Gasteiger charge is 2.08. The maximum Gasteiger partial charge on any atom is 0.224 e. The molecule has 20 heavy (non-hydrogen) atoms. The number of para-hydroxylation sites is 1. The molecule has 0 unspecified atom stereocenters. The Hall–Kier alpha value is -2.14. The fourth-order valence-electron chi connectivity index (χ4n) is 1.88. The molecule has 0 atom stereocenters. The second kappa shape index (κ2) is 5.46. The Kier molecular flexibility index (Phi) is 3.52. The van der Waals surface area contributed by atoms with Gasteiger partial charge in [-0.1, -0.05) is 36.0 Å². The molecule has 0 bridgehead atoms. The van der Waals surface area contributed by atoms with E-state index in [1.54, 1.807) is 13.1 Å². The third-order valence-electron chi connectivity index (χ3n) is 2.80. The summed E-state index contributed by atoms with van der Waals surface area (Å²) in [5, 5.41) is 4.72. The standard InChI is InChI=1S/C15H12FN3S/c1-17-15-18-13-8-3-2-7-12(13)14(19-15)20-11-6-4-5-10(16)9-11/h2-9H,1H3,(H,17,18,19). The molecule has 1 aromatic heterocycles. The highest BCUT2D eigenvalue weighted by atomic mass is 32.2. The molecule has 100 valence electrons. The third-order valence-corrected chi connectivity index (χ3v) is 3.80. The second-order valence-corrected chi connectivity index (χ2v) is 5.24. The first-order chi connectivity index (χ1) is 9.76. The maximum atomic E-state index is 13.3. The molecule has 2 aromatic carbocycles. The van der Waals surface area contributed by atoms with E-state index in [4.69, 9.17) is 0 Å². The molecule has 0 saturated heterocycles. The number of nitrogens with one attached hydrogen (secondary N) is 1. The minimum Gasteiger partial charge on any atom is -0.357 e. The average molecular weight is 285 g/mol. The molecular weight excluding hydrogens is 273 g/mol. The SMILES string of the molecule is CNc1nc(Sc2cccc(F)c2)c2ccccc2n1. The smallest absolute Gasteiger partial charge is 0.224 e. The van der Waals surface area contributed by atoms with Gasteiger partial charge in [-0.05, 0) is 24.3 Å². The summed E-state index contributed by atoms with van der Waals surface area (Å²) in [5.41, 5.74) is 0.866. The first-order valence-electron chi connectivity index (χ1n) is 6.14. The first-order valence-corrected chi connectivity index (χ1v) is 6.96. The van der Waals surface area contributed by atoms with Gasteiger partial charge in [0, 0.05) is 17.3 Å². The van der Waals surface area contributed by atoms with E-state index in [2.05, 4.69) is 15.3 Å². The van der Waals surface area contributed by atoms with Crippen LogP contribution in [0.4, 0.5) is 10.3 Å². The Morgan fingerprint density at radius 3 is 2.70 bits per heavy atom. The maximum absolute atomic E-state index is 13.3. The van der Waals surface area contributed by atoms with Crippen molar-refractivity contribution in [3.05, 3.63) is 54.3 Å². The molecule has 1 heterocycles. The van der Waals surface area contributed by atoms with E-state index < -0.39 is 0 Å². The van der Waals surface area contributed by atoms with Gasteiger partial charge in [0.15, 0.2) is 0 Å². The van der Waals surface area contributed by atoms with Gasteiger partial charge in [-0.3, -0.25) is 0 Å². The molecule has 0 saturated carbocycles. The van der Waals surface area contributed by atoms with E-state index in [1.165, 1.54) is 23.9 Å². The number of rotatable bonds is 3. The Labute approximate surface area is 120 Å². The van der Waals surface area contributed by atoms with Crippen molar-refractivity contribution in [2.75, 3.05) is 12.4 Å². The first kappa shape index (κ1) is 12.9. The molecule has 0 aliphatic carbocycles. The fraction of sp³-hybridized carbons (Fsp3) is 0.0667. The van der Waals surface area contributed by atoms with Gasteiger partial charge in [0.25, 0.3) is 0 Å². The van der Waals surface area contributed by atoms with E-state index in [9.17, 15) is 4.39 Å².